The highest BCUT2D eigenvalue weighted by Gasteiger charge is 2.28. The molecule has 22 heavy (non-hydrogen) atoms. The Labute approximate surface area is 131 Å². The Morgan fingerprint density at radius 2 is 1.86 bits per heavy atom. The molecule has 0 aliphatic carbocycles. The van der Waals surface area contributed by atoms with Crippen molar-refractivity contribution < 1.29 is 14.7 Å². The molecule has 5 nitrogen and oxygen atoms in total. The normalized spacial score (nSPS) is 16.4. The van der Waals surface area contributed by atoms with E-state index in [-0.39, 0.29) is 18.4 Å². The number of carboxylic acid groups (broad SMARTS) is 1. The fourth-order valence-corrected chi connectivity index (χ4v) is 2.97. The maximum atomic E-state index is 12.3. The first-order valence-corrected chi connectivity index (χ1v) is 7.93. The average molecular weight is 304 g/mol. The molecule has 1 aliphatic rings. The van der Waals surface area contributed by atoms with E-state index in [1.54, 1.807) is 0 Å². The summed E-state index contributed by atoms with van der Waals surface area (Å²) < 4.78 is 0. The van der Waals surface area contributed by atoms with E-state index >= 15 is 0 Å². The van der Waals surface area contributed by atoms with E-state index in [0.29, 0.717) is 13.0 Å². The number of benzene rings is 1. The molecule has 1 aromatic carbocycles. The zero-order valence-electron chi connectivity index (χ0n) is 13.1. The second-order valence-electron chi connectivity index (χ2n) is 5.67. The summed E-state index contributed by atoms with van der Waals surface area (Å²) >= 11 is 0. The lowest BCUT2D eigenvalue weighted by atomic mass is 10.0. The number of carbonyl (C=O) groups is 2. The van der Waals surface area contributed by atoms with Crippen LogP contribution in [-0.4, -0.2) is 47.6 Å². The van der Waals surface area contributed by atoms with Crippen LogP contribution in [0.25, 0.3) is 0 Å². The zero-order chi connectivity index (χ0) is 15.9. The Morgan fingerprint density at radius 3 is 2.41 bits per heavy atom. The summed E-state index contributed by atoms with van der Waals surface area (Å²) in [6.45, 7) is 4.17. The van der Waals surface area contributed by atoms with Crippen LogP contribution in [0.15, 0.2) is 30.3 Å². The molecule has 1 amide bonds. The van der Waals surface area contributed by atoms with E-state index in [4.69, 9.17) is 5.11 Å². The number of para-hydroxylation sites is 1. The molecule has 0 unspecified atom stereocenters. The maximum Gasteiger partial charge on any atom is 0.304 e. The molecular formula is C17H24N2O3. The van der Waals surface area contributed by atoms with E-state index in [0.717, 1.165) is 31.6 Å². The molecule has 1 fully saturated rings. The van der Waals surface area contributed by atoms with Gasteiger partial charge in [-0.1, -0.05) is 25.1 Å². The lowest BCUT2D eigenvalue weighted by Gasteiger charge is -2.38. The van der Waals surface area contributed by atoms with E-state index in [9.17, 15) is 9.59 Å². The lowest BCUT2D eigenvalue weighted by Crippen LogP contribution is -2.47. The number of piperidine rings is 1. The number of hydrogen-bond donors (Lipinski definition) is 1. The third-order valence-electron chi connectivity index (χ3n) is 4.17. The maximum absolute atomic E-state index is 12.3. The Bertz CT molecular complexity index is 496. The third kappa shape index (κ3) is 4.31. The van der Waals surface area contributed by atoms with Crippen molar-refractivity contribution in [1.29, 1.82) is 0 Å². The fourth-order valence-electron chi connectivity index (χ4n) is 2.97. The molecule has 0 aromatic heterocycles. The zero-order valence-corrected chi connectivity index (χ0v) is 13.1. The highest BCUT2D eigenvalue weighted by atomic mass is 16.4. The van der Waals surface area contributed by atoms with Gasteiger partial charge in [0.05, 0.1) is 6.42 Å². The number of anilines is 1. The topological polar surface area (TPSA) is 60.9 Å². The van der Waals surface area contributed by atoms with Gasteiger partial charge in [-0.2, -0.15) is 0 Å². The first kappa shape index (κ1) is 16.5. The van der Waals surface area contributed by atoms with Gasteiger partial charge in [-0.05, 0) is 25.0 Å². The smallest absolute Gasteiger partial charge is 0.304 e. The molecule has 1 aliphatic heterocycles. The molecule has 1 N–H and O–H groups in total. The number of carboxylic acids is 1. The van der Waals surface area contributed by atoms with E-state index < -0.39 is 5.97 Å². The highest BCUT2D eigenvalue weighted by Crippen LogP contribution is 2.24. The average Bonchev–Trinajstić information content (AvgIpc) is 2.55. The minimum absolute atomic E-state index is 0.148. The largest absolute Gasteiger partial charge is 0.481 e. The summed E-state index contributed by atoms with van der Waals surface area (Å²) in [6, 6.07) is 10.0. The van der Waals surface area contributed by atoms with Gasteiger partial charge in [0, 0.05) is 37.8 Å². The molecule has 0 spiro atoms. The van der Waals surface area contributed by atoms with E-state index in [2.05, 4.69) is 4.90 Å². The highest BCUT2D eigenvalue weighted by molar-refractivity contribution is 5.93. The van der Waals surface area contributed by atoms with Gasteiger partial charge in [0.1, 0.15) is 0 Å². The number of likely N-dealkylation sites (tertiary alicyclic amines) is 1. The van der Waals surface area contributed by atoms with Gasteiger partial charge in [-0.3, -0.25) is 9.59 Å². The lowest BCUT2D eigenvalue weighted by molar-refractivity contribution is -0.137. The minimum atomic E-state index is -0.755. The van der Waals surface area contributed by atoms with Crippen LogP contribution in [0.3, 0.4) is 0 Å². The number of rotatable bonds is 6. The van der Waals surface area contributed by atoms with Crippen molar-refractivity contribution in [2.45, 2.75) is 38.6 Å². The van der Waals surface area contributed by atoms with Gasteiger partial charge >= 0.3 is 5.97 Å². The van der Waals surface area contributed by atoms with E-state index in [1.807, 2.05) is 42.2 Å². The Balaban J connectivity index is 1.99. The molecule has 1 heterocycles. The number of carbonyl (C=O) groups excluding carboxylic acids is 1. The van der Waals surface area contributed by atoms with Crippen LogP contribution in [0, 0.1) is 0 Å². The number of aliphatic carboxylic acids is 1. The predicted molar refractivity (Wildman–Crippen MR) is 85.9 cm³/mol. The van der Waals surface area contributed by atoms with Crippen molar-refractivity contribution in [1.82, 2.24) is 4.90 Å². The van der Waals surface area contributed by atoms with Gasteiger partial charge in [0.2, 0.25) is 5.91 Å². The van der Waals surface area contributed by atoms with Crippen LogP contribution in [0.2, 0.25) is 0 Å². The van der Waals surface area contributed by atoms with Crippen molar-refractivity contribution in [3.05, 3.63) is 30.3 Å². The Kier molecular flexibility index (Phi) is 5.95. The van der Waals surface area contributed by atoms with Crippen LogP contribution in [0.5, 0.6) is 0 Å². The minimum Gasteiger partial charge on any atom is -0.481 e. The van der Waals surface area contributed by atoms with Crippen molar-refractivity contribution in [2.75, 3.05) is 24.5 Å². The standard InChI is InChI=1S/C17H24N2O3/c1-2-16(20)19(14-6-4-3-5-7-14)15-8-11-18(12-9-15)13-10-17(21)22/h3-7,15H,2,8-13H2,1H3,(H,21,22). The number of hydrogen-bond acceptors (Lipinski definition) is 3. The van der Waals surface area contributed by atoms with Gasteiger partial charge in [0.25, 0.3) is 0 Å². The van der Waals surface area contributed by atoms with Gasteiger partial charge in [0.15, 0.2) is 0 Å². The molecule has 2 rings (SSSR count). The van der Waals surface area contributed by atoms with Gasteiger partial charge < -0.3 is 14.9 Å². The van der Waals surface area contributed by atoms with Crippen LogP contribution in [0.4, 0.5) is 5.69 Å². The van der Waals surface area contributed by atoms with Gasteiger partial charge in [-0.15, -0.1) is 0 Å². The second kappa shape index (κ2) is 7.94. The molecule has 0 saturated carbocycles. The van der Waals surface area contributed by atoms with Crippen molar-refractivity contribution in [3.8, 4) is 0 Å². The number of amides is 1. The molecule has 1 saturated heterocycles. The molecule has 1 aromatic rings. The fraction of sp³-hybridized carbons (Fsp3) is 0.529. The first-order valence-electron chi connectivity index (χ1n) is 7.93. The van der Waals surface area contributed by atoms with Crippen molar-refractivity contribution in [2.24, 2.45) is 0 Å². The van der Waals surface area contributed by atoms with Crippen molar-refractivity contribution >= 4 is 17.6 Å². The van der Waals surface area contributed by atoms with Crippen molar-refractivity contribution in [3.63, 3.8) is 0 Å². The third-order valence-corrected chi connectivity index (χ3v) is 4.17. The summed E-state index contributed by atoms with van der Waals surface area (Å²) in [5, 5.41) is 8.76. The predicted octanol–water partition coefficient (Wildman–Crippen LogP) is 2.37. The van der Waals surface area contributed by atoms with Gasteiger partial charge in [-0.25, -0.2) is 0 Å². The quantitative estimate of drug-likeness (QED) is 0.876. The Morgan fingerprint density at radius 1 is 1.23 bits per heavy atom. The van der Waals surface area contributed by atoms with Crippen LogP contribution < -0.4 is 4.90 Å². The Hall–Kier alpha value is -1.88. The first-order chi connectivity index (χ1) is 10.6. The van der Waals surface area contributed by atoms with Crippen LogP contribution in [0.1, 0.15) is 32.6 Å². The summed E-state index contributed by atoms with van der Waals surface area (Å²) in [6.07, 6.45) is 2.45. The molecule has 0 atom stereocenters. The molecule has 0 bridgehead atoms. The molecule has 5 heteroatoms. The van der Waals surface area contributed by atoms with E-state index in [1.165, 1.54) is 0 Å². The molecule has 120 valence electrons. The number of nitrogens with zero attached hydrogens (tertiary/aromatic N) is 2. The molecular weight excluding hydrogens is 280 g/mol. The summed E-state index contributed by atoms with van der Waals surface area (Å²) in [5.41, 5.74) is 0.957. The van der Waals surface area contributed by atoms with Crippen LogP contribution >= 0.6 is 0 Å². The monoisotopic (exact) mass is 304 g/mol. The van der Waals surface area contributed by atoms with Crippen LogP contribution in [-0.2, 0) is 9.59 Å². The SMILES string of the molecule is CCC(=O)N(c1ccccc1)C1CCN(CCC(=O)O)CC1. The second-order valence-corrected chi connectivity index (χ2v) is 5.67. The summed E-state index contributed by atoms with van der Waals surface area (Å²) in [4.78, 5) is 27.1. The summed E-state index contributed by atoms with van der Waals surface area (Å²) in [5.74, 6) is -0.607. The molecule has 0 radical (unpaired) electrons. The summed E-state index contributed by atoms with van der Waals surface area (Å²) in [7, 11) is 0.